The van der Waals surface area contributed by atoms with Gasteiger partial charge >= 0.3 is 0 Å². The van der Waals surface area contributed by atoms with Crippen molar-refractivity contribution in [1.29, 1.82) is 0 Å². The number of pyridine rings is 1. The number of sulfonamides is 1. The van der Waals surface area contributed by atoms with Crippen LogP contribution in [0.3, 0.4) is 0 Å². The number of nitrogens with zero attached hydrogens (tertiary/aromatic N) is 1. The predicted molar refractivity (Wildman–Crippen MR) is 84.5 cm³/mol. The van der Waals surface area contributed by atoms with E-state index in [9.17, 15) is 27.2 Å². The molecule has 2 heterocycles. The highest BCUT2D eigenvalue weighted by Gasteiger charge is 2.32. The lowest BCUT2D eigenvalue weighted by atomic mass is 10.1. The van der Waals surface area contributed by atoms with Crippen molar-refractivity contribution >= 4 is 27.7 Å². The first-order valence-electron chi connectivity index (χ1n) is 6.82. The van der Waals surface area contributed by atoms with Gasteiger partial charge in [-0.25, -0.2) is 17.5 Å². The first kappa shape index (κ1) is 16.8. The Labute approximate surface area is 140 Å². The third kappa shape index (κ3) is 2.49. The zero-order valence-corrected chi connectivity index (χ0v) is 13.5. The van der Waals surface area contributed by atoms with Gasteiger partial charge in [-0.2, -0.15) is 0 Å². The van der Waals surface area contributed by atoms with Crippen molar-refractivity contribution in [2.24, 2.45) is 0 Å². The van der Waals surface area contributed by atoms with Gasteiger partial charge < -0.3 is 5.73 Å². The monoisotopic (exact) mass is 366 g/mol. The number of nitrogens with one attached hydrogen (secondary N) is 2. The van der Waals surface area contributed by atoms with E-state index < -0.39 is 44.7 Å². The van der Waals surface area contributed by atoms with Gasteiger partial charge in [-0.15, -0.1) is 0 Å². The fraction of sp³-hybridized carbons (Fsp3) is 0.0714. The summed E-state index contributed by atoms with van der Waals surface area (Å²) >= 11 is 0. The maximum Gasteiger partial charge on any atom is 0.262 e. The second-order valence-electron chi connectivity index (χ2n) is 5.10. The van der Waals surface area contributed by atoms with E-state index in [2.05, 4.69) is 4.72 Å². The minimum absolute atomic E-state index is 0.219. The van der Waals surface area contributed by atoms with Crippen molar-refractivity contribution < 1.29 is 22.4 Å². The Morgan fingerprint density at radius 1 is 1.16 bits per heavy atom. The van der Waals surface area contributed by atoms with E-state index >= 15 is 0 Å². The van der Waals surface area contributed by atoms with Crippen LogP contribution in [-0.4, -0.2) is 31.8 Å². The number of nitrogen functional groups attached to an aromatic ring is 1. The summed E-state index contributed by atoms with van der Waals surface area (Å²) in [5.74, 6) is -3.02. The fourth-order valence-corrected chi connectivity index (χ4v) is 3.23. The summed E-state index contributed by atoms with van der Waals surface area (Å²) in [5.41, 5.74) is 3.95. The molecule has 2 aromatic rings. The van der Waals surface area contributed by atoms with Crippen molar-refractivity contribution in [2.75, 3.05) is 12.8 Å². The number of imide groups is 1. The number of hydrogen-bond donors (Lipinski definition) is 3. The zero-order chi connectivity index (χ0) is 18.5. The number of halogens is 1. The van der Waals surface area contributed by atoms with Crippen LogP contribution in [0.1, 0.15) is 20.7 Å². The van der Waals surface area contributed by atoms with Crippen molar-refractivity contribution in [3.05, 3.63) is 51.6 Å². The van der Waals surface area contributed by atoms with Crippen LogP contribution >= 0.6 is 0 Å². The lowest BCUT2D eigenvalue weighted by molar-refractivity contribution is 0.0880. The van der Waals surface area contributed by atoms with Crippen molar-refractivity contribution in [3.8, 4) is 5.69 Å². The number of hydrogen-bond acceptors (Lipinski definition) is 6. The maximum atomic E-state index is 14.2. The molecular weight excluding hydrogens is 355 g/mol. The van der Waals surface area contributed by atoms with Crippen molar-refractivity contribution in [3.63, 3.8) is 0 Å². The third-order valence-corrected chi connectivity index (χ3v) is 5.10. The van der Waals surface area contributed by atoms with E-state index in [1.165, 1.54) is 7.05 Å². The molecule has 0 saturated carbocycles. The molecular formula is C14H11FN4O5S. The molecule has 1 aliphatic rings. The largest absolute Gasteiger partial charge is 0.384 e. The molecule has 0 aliphatic carbocycles. The Bertz CT molecular complexity index is 1110. The van der Waals surface area contributed by atoms with Crippen LogP contribution in [0.5, 0.6) is 0 Å². The maximum absolute atomic E-state index is 14.2. The highest BCUT2D eigenvalue weighted by atomic mass is 32.2. The molecule has 2 amide bonds. The first-order chi connectivity index (χ1) is 11.7. The van der Waals surface area contributed by atoms with E-state index in [-0.39, 0.29) is 16.0 Å². The normalized spacial score (nSPS) is 13.7. The summed E-state index contributed by atoms with van der Waals surface area (Å²) < 4.78 is 40.7. The Kier molecular flexibility index (Phi) is 3.69. The van der Waals surface area contributed by atoms with E-state index in [1.807, 2.05) is 5.32 Å². The molecule has 1 aliphatic heterocycles. The van der Waals surface area contributed by atoms with Gasteiger partial charge in [0.2, 0.25) is 10.0 Å². The van der Waals surface area contributed by atoms with Gasteiger partial charge in [0, 0.05) is 6.07 Å². The topological polar surface area (TPSA) is 140 Å². The minimum Gasteiger partial charge on any atom is -0.384 e. The summed E-state index contributed by atoms with van der Waals surface area (Å²) in [6.45, 7) is 0. The van der Waals surface area contributed by atoms with Gasteiger partial charge in [0.1, 0.15) is 11.6 Å². The molecule has 130 valence electrons. The SMILES string of the molecule is CNS(=O)(=O)c1ccc(F)c(-n2c(N)c3c(cc2=O)C(=O)NC3=O)c1. The standard InChI is InChI=1S/C14H11FN4O5S/c1-17-25(23,24)6-2-3-8(15)9(4-6)19-10(20)5-7-11(12(19)16)14(22)18-13(7)21/h2-5,17H,16H2,1H3,(H,18,21,22). The van der Waals surface area contributed by atoms with Gasteiger partial charge in [-0.05, 0) is 25.2 Å². The van der Waals surface area contributed by atoms with Crippen molar-refractivity contribution in [1.82, 2.24) is 14.6 Å². The van der Waals surface area contributed by atoms with Crippen LogP contribution in [0.25, 0.3) is 5.69 Å². The second-order valence-corrected chi connectivity index (χ2v) is 6.98. The quantitative estimate of drug-likeness (QED) is 0.617. The highest BCUT2D eigenvalue weighted by molar-refractivity contribution is 7.89. The lowest BCUT2D eigenvalue weighted by Crippen LogP contribution is -2.25. The van der Waals surface area contributed by atoms with Crippen LogP contribution in [0.2, 0.25) is 0 Å². The molecule has 0 atom stereocenters. The first-order valence-corrected chi connectivity index (χ1v) is 8.30. The average Bonchev–Trinajstić information content (AvgIpc) is 2.83. The van der Waals surface area contributed by atoms with Gasteiger partial charge in [-0.1, -0.05) is 0 Å². The van der Waals surface area contributed by atoms with E-state index in [0.29, 0.717) is 4.57 Å². The number of carbonyl (C=O) groups excluding carboxylic acids is 2. The van der Waals surface area contributed by atoms with Crippen molar-refractivity contribution in [2.45, 2.75) is 4.90 Å². The van der Waals surface area contributed by atoms with Crippen LogP contribution in [0.15, 0.2) is 34.0 Å². The van der Waals surface area contributed by atoms with Gasteiger partial charge in [-0.3, -0.25) is 24.3 Å². The summed E-state index contributed by atoms with van der Waals surface area (Å²) in [5, 5.41) is 1.98. The number of benzene rings is 1. The fourth-order valence-electron chi connectivity index (χ4n) is 2.48. The molecule has 3 rings (SSSR count). The molecule has 0 unspecified atom stereocenters. The summed E-state index contributed by atoms with van der Waals surface area (Å²) in [4.78, 5) is 35.4. The molecule has 11 heteroatoms. The van der Waals surface area contributed by atoms with Gasteiger partial charge in [0.15, 0.2) is 0 Å². The Morgan fingerprint density at radius 2 is 1.84 bits per heavy atom. The van der Waals surface area contributed by atoms with E-state index in [1.54, 1.807) is 0 Å². The molecule has 1 aromatic heterocycles. The Hall–Kier alpha value is -3.05. The minimum atomic E-state index is -3.91. The summed E-state index contributed by atoms with van der Waals surface area (Å²) in [6.07, 6.45) is 0. The van der Waals surface area contributed by atoms with Crippen LogP contribution in [0.4, 0.5) is 10.2 Å². The zero-order valence-electron chi connectivity index (χ0n) is 12.7. The molecule has 1 aromatic carbocycles. The van der Waals surface area contributed by atoms with Gasteiger partial charge in [0.05, 0.1) is 21.7 Å². The van der Waals surface area contributed by atoms with E-state index in [0.717, 1.165) is 24.3 Å². The summed E-state index contributed by atoms with van der Waals surface area (Å²) in [6, 6.07) is 3.60. The average molecular weight is 366 g/mol. The number of carbonyl (C=O) groups is 2. The number of amides is 2. The molecule has 0 bridgehead atoms. The number of nitrogens with two attached hydrogens (primary N) is 1. The number of fused-ring (bicyclic) bond motifs is 1. The number of rotatable bonds is 3. The second kappa shape index (κ2) is 5.50. The molecule has 4 N–H and O–H groups in total. The van der Waals surface area contributed by atoms with Gasteiger partial charge in [0.25, 0.3) is 17.4 Å². The highest BCUT2D eigenvalue weighted by Crippen LogP contribution is 2.25. The predicted octanol–water partition coefficient (Wildman–Crippen LogP) is -0.649. The van der Waals surface area contributed by atoms with Crippen LogP contribution in [0, 0.1) is 5.82 Å². The Balaban J connectivity index is 2.34. The lowest BCUT2D eigenvalue weighted by Gasteiger charge is -2.14. The number of aromatic nitrogens is 1. The molecule has 0 fully saturated rings. The molecule has 0 radical (unpaired) electrons. The molecule has 25 heavy (non-hydrogen) atoms. The third-order valence-electron chi connectivity index (χ3n) is 3.69. The number of anilines is 1. The van der Waals surface area contributed by atoms with E-state index in [4.69, 9.17) is 5.73 Å². The van der Waals surface area contributed by atoms with Crippen LogP contribution < -0.4 is 21.3 Å². The Morgan fingerprint density at radius 3 is 2.48 bits per heavy atom. The summed E-state index contributed by atoms with van der Waals surface area (Å²) in [7, 11) is -2.74. The van der Waals surface area contributed by atoms with Crippen LogP contribution in [-0.2, 0) is 10.0 Å². The molecule has 0 saturated heterocycles. The smallest absolute Gasteiger partial charge is 0.262 e. The molecule has 0 spiro atoms. The molecule has 9 nitrogen and oxygen atoms in total.